The first kappa shape index (κ1) is 12.0. The SMILES string of the molecule is CC(C)OC(CCl)OC1C=CCC1C. The van der Waals surface area contributed by atoms with Gasteiger partial charge in [-0.15, -0.1) is 11.6 Å². The van der Waals surface area contributed by atoms with Gasteiger partial charge in [0.15, 0.2) is 6.29 Å². The minimum Gasteiger partial charge on any atom is -0.349 e. The number of hydrogen-bond acceptors (Lipinski definition) is 2. The summed E-state index contributed by atoms with van der Waals surface area (Å²) in [5.74, 6) is 0.923. The van der Waals surface area contributed by atoms with Gasteiger partial charge in [0.05, 0.1) is 18.1 Å². The highest BCUT2D eigenvalue weighted by atomic mass is 35.5. The number of hydrogen-bond donors (Lipinski definition) is 0. The Labute approximate surface area is 91.2 Å². The van der Waals surface area contributed by atoms with Gasteiger partial charge in [-0.25, -0.2) is 0 Å². The fraction of sp³-hybridized carbons (Fsp3) is 0.818. The fourth-order valence-corrected chi connectivity index (χ4v) is 1.66. The lowest BCUT2D eigenvalue weighted by Gasteiger charge is -2.24. The maximum absolute atomic E-state index is 5.76. The van der Waals surface area contributed by atoms with Gasteiger partial charge in [0.1, 0.15) is 0 Å². The van der Waals surface area contributed by atoms with Gasteiger partial charge in [0.25, 0.3) is 0 Å². The van der Waals surface area contributed by atoms with Crippen LogP contribution in [-0.4, -0.2) is 24.4 Å². The molecule has 0 saturated heterocycles. The van der Waals surface area contributed by atoms with Gasteiger partial charge in [-0.2, -0.15) is 0 Å². The summed E-state index contributed by atoms with van der Waals surface area (Å²) in [5.41, 5.74) is 0. The molecule has 3 unspecified atom stereocenters. The zero-order valence-electron chi connectivity index (χ0n) is 9.07. The van der Waals surface area contributed by atoms with E-state index in [2.05, 4.69) is 19.1 Å². The third-order valence-electron chi connectivity index (χ3n) is 2.25. The summed E-state index contributed by atoms with van der Waals surface area (Å²) in [5, 5.41) is 0. The van der Waals surface area contributed by atoms with Gasteiger partial charge in [-0.3, -0.25) is 0 Å². The smallest absolute Gasteiger partial charge is 0.172 e. The molecule has 0 aromatic carbocycles. The second-order valence-corrected chi connectivity index (χ2v) is 4.32. The number of alkyl halides is 1. The van der Waals surface area contributed by atoms with E-state index in [1.807, 2.05) is 13.8 Å². The molecule has 0 bridgehead atoms. The van der Waals surface area contributed by atoms with Crippen molar-refractivity contribution in [2.45, 2.75) is 45.7 Å². The summed E-state index contributed by atoms with van der Waals surface area (Å²) in [6.07, 6.45) is 5.36. The molecule has 1 aliphatic rings. The first-order valence-corrected chi connectivity index (χ1v) is 5.70. The molecule has 0 saturated carbocycles. The van der Waals surface area contributed by atoms with Crippen molar-refractivity contribution in [3.8, 4) is 0 Å². The summed E-state index contributed by atoms with van der Waals surface area (Å²) in [6.45, 7) is 6.14. The lowest BCUT2D eigenvalue weighted by Crippen LogP contribution is -2.29. The Kier molecular flexibility index (Phi) is 4.93. The molecule has 1 aliphatic carbocycles. The largest absolute Gasteiger partial charge is 0.349 e. The lowest BCUT2D eigenvalue weighted by atomic mass is 10.1. The Balaban J connectivity index is 2.35. The number of halogens is 1. The number of rotatable bonds is 5. The van der Waals surface area contributed by atoms with Crippen LogP contribution >= 0.6 is 11.6 Å². The average Bonchev–Trinajstić information content (AvgIpc) is 2.50. The second kappa shape index (κ2) is 5.74. The van der Waals surface area contributed by atoms with Crippen LogP contribution in [-0.2, 0) is 9.47 Å². The van der Waals surface area contributed by atoms with Crippen molar-refractivity contribution in [1.29, 1.82) is 0 Å². The van der Waals surface area contributed by atoms with E-state index in [1.54, 1.807) is 0 Å². The van der Waals surface area contributed by atoms with Crippen molar-refractivity contribution in [1.82, 2.24) is 0 Å². The van der Waals surface area contributed by atoms with E-state index in [1.165, 1.54) is 0 Å². The fourth-order valence-electron chi connectivity index (χ4n) is 1.51. The van der Waals surface area contributed by atoms with Crippen molar-refractivity contribution < 1.29 is 9.47 Å². The molecule has 0 aliphatic heterocycles. The third-order valence-corrected chi connectivity index (χ3v) is 2.51. The van der Waals surface area contributed by atoms with Gasteiger partial charge in [-0.05, 0) is 26.2 Å². The molecule has 0 radical (unpaired) electrons. The zero-order chi connectivity index (χ0) is 10.6. The van der Waals surface area contributed by atoms with Crippen molar-refractivity contribution in [3.63, 3.8) is 0 Å². The van der Waals surface area contributed by atoms with Crippen LogP contribution in [0.2, 0.25) is 0 Å². The molecule has 0 fully saturated rings. The van der Waals surface area contributed by atoms with E-state index in [9.17, 15) is 0 Å². The van der Waals surface area contributed by atoms with E-state index in [4.69, 9.17) is 21.1 Å². The zero-order valence-corrected chi connectivity index (χ0v) is 9.83. The second-order valence-electron chi connectivity index (χ2n) is 4.01. The van der Waals surface area contributed by atoms with E-state index in [-0.39, 0.29) is 18.5 Å². The number of ether oxygens (including phenoxy) is 2. The van der Waals surface area contributed by atoms with Gasteiger partial charge < -0.3 is 9.47 Å². The highest BCUT2D eigenvalue weighted by Crippen LogP contribution is 2.22. The molecule has 2 nitrogen and oxygen atoms in total. The Morgan fingerprint density at radius 1 is 1.50 bits per heavy atom. The molecular formula is C11H19ClO2. The summed E-state index contributed by atoms with van der Waals surface area (Å²) in [6, 6.07) is 0. The molecule has 0 heterocycles. The predicted octanol–water partition coefficient (Wildman–Crippen LogP) is 2.96. The van der Waals surface area contributed by atoms with Crippen molar-refractivity contribution in [3.05, 3.63) is 12.2 Å². The Hall–Kier alpha value is -0.0500. The van der Waals surface area contributed by atoms with Crippen LogP contribution in [0.5, 0.6) is 0 Å². The van der Waals surface area contributed by atoms with Crippen molar-refractivity contribution >= 4 is 11.6 Å². The first-order valence-electron chi connectivity index (χ1n) is 5.17. The predicted molar refractivity (Wildman–Crippen MR) is 58.5 cm³/mol. The van der Waals surface area contributed by atoms with Crippen LogP contribution in [0.15, 0.2) is 12.2 Å². The standard InChI is InChI=1S/C11H19ClO2/c1-8(2)13-11(7-12)14-10-6-4-5-9(10)3/h4,6,8-11H,5,7H2,1-3H3. The molecule has 3 heteroatoms. The molecule has 82 valence electrons. The minimum atomic E-state index is -0.285. The topological polar surface area (TPSA) is 18.5 Å². The highest BCUT2D eigenvalue weighted by Gasteiger charge is 2.23. The Morgan fingerprint density at radius 2 is 2.21 bits per heavy atom. The van der Waals surface area contributed by atoms with Gasteiger partial charge in [0, 0.05) is 0 Å². The van der Waals surface area contributed by atoms with Gasteiger partial charge in [-0.1, -0.05) is 19.1 Å². The van der Waals surface area contributed by atoms with Crippen molar-refractivity contribution in [2.75, 3.05) is 5.88 Å². The van der Waals surface area contributed by atoms with Gasteiger partial charge in [0.2, 0.25) is 0 Å². The molecule has 0 aromatic rings. The van der Waals surface area contributed by atoms with Crippen LogP contribution in [0, 0.1) is 5.92 Å². The summed E-state index contributed by atoms with van der Waals surface area (Å²) in [4.78, 5) is 0. The summed E-state index contributed by atoms with van der Waals surface area (Å²) >= 11 is 5.76. The van der Waals surface area contributed by atoms with E-state index >= 15 is 0 Å². The van der Waals surface area contributed by atoms with Crippen LogP contribution < -0.4 is 0 Å². The molecule has 14 heavy (non-hydrogen) atoms. The first-order chi connectivity index (χ1) is 6.63. The van der Waals surface area contributed by atoms with Gasteiger partial charge >= 0.3 is 0 Å². The minimum absolute atomic E-state index is 0.152. The monoisotopic (exact) mass is 218 g/mol. The van der Waals surface area contributed by atoms with Crippen LogP contribution in [0.3, 0.4) is 0 Å². The molecule has 0 N–H and O–H groups in total. The van der Waals surface area contributed by atoms with E-state index in [0.29, 0.717) is 11.8 Å². The molecular weight excluding hydrogens is 200 g/mol. The van der Waals surface area contributed by atoms with E-state index in [0.717, 1.165) is 6.42 Å². The molecule has 0 spiro atoms. The average molecular weight is 219 g/mol. The summed E-state index contributed by atoms with van der Waals surface area (Å²) in [7, 11) is 0. The molecule has 1 rings (SSSR count). The Bertz CT molecular complexity index is 192. The molecule has 0 amide bonds. The Morgan fingerprint density at radius 3 is 2.64 bits per heavy atom. The summed E-state index contributed by atoms with van der Waals surface area (Å²) < 4.78 is 11.3. The normalized spacial score (nSPS) is 28.6. The third kappa shape index (κ3) is 3.60. The maximum atomic E-state index is 5.76. The van der Waals surface area contributed by atoms with Crippen molar-refractivity contribution in [2.24, 2.45) is 5.92 Å². The van der Waals surface area contributed by atoms with E-state index < -0.39 is 0 Å². The molecule has 0 aromatic heterocycles. The van der Waals surface area contributed by atoms with Crippen LogP contribution in [0.4, 0.5) is 0 Å². The molecule has 3 atom stereocenters. The maximum Gasteiger partial charge on any atom is 0.172 e. The quantitative estimate of drug-likeness (QED) is 0.401. The highest BCUT2D eigenvalue weighted by molar-refractivity contribution is 6.18. The van der Waals surface area contributed by atoms with Crippen LogP contribution in [0.1, 0.15) is 27.2 Å². The number of allylic oxidation sites excluding steroid dienone is 1. The lowest BCUT2D eigenvalue weighted by molar-refractivity contribution is -0.171. The van der Waals surface area contributed by atoms with Crippen LogP contribution in [0.25, 0.3) is 0 Å².